The first-order chi connectivity index (χ1) is 11.7. The van der Waals surface area contributed by atoms with Gasteiger partial charge in [0.05, 0.1) is 6.04 Å². The SMILES string of the molecule is CC(C)CCN(C(=O)[C@H](N)CN(C)C)[C@@H](Cc1ccccc1)C(N)=O. The first kappa shape index (κ1) is 21.1. The normalized spacial score (nSPS) is 13.7. The molecule has 0 spiro atoms. The van der Waals surface area contributed by atoms with Gasteiger partial charge in [-0.05, 0) is 32.0 Å². The van der Waals surface area contributed by atoms with E-state index in [0.717, 1.165) is 12.0 Å². The molecule has 25 heavy (non-hydrogen) atoms. The lowest BCUT2D eigenvalue weighted by Gasteiger charge is -2.33. The molecule has 6 nitrogen and oxygen atoms in total. The van der Waals surface area contributed by atoms with E-state index in [0.29, 0.717) is 25.4 Å². The Labute approximate surface area is 151 Å². The highest BCUT2D eigenvalue weighted by Crippen LogP contribution is 2.13. The van der Waals surface area contributed by atoms with Crippen molar-refractivity contribution >= 4 is 11.8 Å². The maximum Gasteiger partial charge on any atom is 0.241 e. The fourth-order valence-electron chi connectivity index (χ4n) is 2.70. The Kier molecular flexibility index (Phi) is 8.58. The number of likely N-dealkylation sites (N-methyl/N-ethyl adjacent to an activating group) is 1. The molecule has 0 heterocycles. The van der Waals surface area contributed by atoms with Crippen molar-refractivity contribution in [3.63, 3.8) is 0 Å². The molecule has 0 saturated carbocycles. The van der Waals surface area contributed by atoms with Crippen LogP contribution in [0.15, 0.2) is 30.3 Å². The van der Waals surface area contributed by atoms with E-state index < -0.39 is 18.0 Å². The van der Waals surface area contributed by atoms with Crippen molar-refractivity contribution in [1.82, 2.24) is 9.80 Å². The Morgan fingerprint density at radius 2 is 1.72 bits per heavy atom. The summed E-state index contributed by atoms with van der Waals surface area (Å²) in [6.07, 6.45) is 1.19. The predicted molar refractivity (Wildman–Crippen MR) is 101 cm³/mol. The standard InChI is InChI=1S/C19H32N4O2/c1-14(2)10-11-23(19(25)16(20)13-22(3)4)17(18(21)24)12-15-8-6-5-7-9-15/h5-9,14,16-17H,10-13,20H2,1-4H3,(H2,21,24)/t16-,17+/m1/s1. The molecule has 0 aromatic heterocycles. The number of amides is 2. The number of hydrogen-bond acceptors (Lipinski definition) is 4. The summed E-state index contributed by atoms with van der Waals surface area (Å²) in [6, 6.07) is 8.22. The molecular formula is C19H32N4O2. The van der Waals surface area contributed by atoms with E-state index in [9.17, 15) is 9.59 Å². The molecule has 1 rings (SSSR count). The van der Waals surface area contributed by atoms with Gasteiger partial charge in [-0.3, -0.25) is 9.59 Å². The zero-order valence-corrected chi connectivity index (χ0v) is 15.8. The monoisotopic (exact) mass is 348 g/mol. The molecule has 0 saturated heterocycles. The molecule has 0 aliphatic rings. The van der Waals surface area contributed by atoms with Gasteiger partial charge in [0.1, 0.15) is 6.04 Å². The van der Waals surface area contributed by atoms with Gasteiger partial charge < -0.3 is 21.3 Å². The molecule has 140 valence electrons. The summed E-state index contributed by atoms with van der Waals surface area (Å²) < 4.78 is 0. The molecule has 0 aliphatic heterocycles. The Morgan fingerprint density at radius 1 is 1.12 bits per heavy atom. The Hall–Kier alpha value is -1.92. The molecule has 0 radical (unpaired) electrons. The Bertz CT molecular complexity index is 546. The van der Waals surface area contributed by atoms with Crippen LogP contribution in [-0.4, -0.2) is 60.9 Å². The maximum absolute atomic E-state index is 12.9. The average Bonchev–Trinajstić information content (AvgIpc) is 2.53. The molecule has 2 amide bonds. The summed E-state index contributed by atoms with van der Waals surface area (Å²) in [6.45, 7) is 5.06. The third kappa shape index (κ3) is 7.23. The smallest absolute Gasteiger partial charge is 0.241 e. The van der Waals surface area contributed by atoms with Crippen molar-refractivity contribution < 1.29 is 9.59 Å². The van der Waals surface area contributed by atoms with E-state index >= 15 is 0 Å². The topological polar surface area (TPSA) is 92.7 Å². The summed E-state index contributed by atoms with van der Waals surface area (Å²) in [5, 5.41) is 0. The second-order valence-electron chi connectivity index (χ2n) is 7.19. The van der Waals surface area contributed by atoms with Crippen molar-refractivity contribution in [3.8, 4) is 0 Å². The lowest BCUT2D eigenvalue weighted by atomic mass is 10.0. The number of carbonyl (C=O) groups is 2. The molecule has 1 aromatic carbocycles. The third-order valence-electron chi connectivity index (χ3n) is 4.09. The molecule has 0 bridgehead atoms. The Morgan fingerprint density at radius 3 is 2.20 bits per heavy atom. The van der Waals surface area contributed by atoms with Crippen molar-refractivity contribution in [3.05, 3.63) is 35.9 Å². The first-order valence-electron chi connectivity index (χ1n) is 8.76. The van der Waals surface area contributed by atoms with E-state index in [1.807, 2.05) is 49.3 Å². The van der Waals surface area contributed by atoms with Crippen molar-refractivity contribution in [2.24, 2.45) is 17.4 Å². The van der Waals surface area contributed by atoms with Crippen LogP contribution in [-0.2, 0) is 16.0 Å². The van der Waals surface area contributed by atoms with Crippen LogP contribution < -0.4 is 11.5 Å². The quantitative estimate of drug-likeness (QED) is 0.655. The lowest BCUT2D eigenvalue weighted by molar-refractivity contribution is -0.140. The minimum Gasteiger partial charge on any atom is -0.368 e. The highest BCUT2D eigenvalue weighted by molar-refractivity contribution is 5.89. The molecule has 0 unspecified atom stereocenters. The van der Waals surface area contributed by atoms with Crippen LogP contribution >= 0.6 is 0 Å². The molecule has 2 atom stereocenters. The summed E-state index contributed by atoms with van der Waals surface area (Å²) in [4.78, 5) is 28.4. The molecular weight excluding hydrogens is 316 g/mol. The third-order valence-corrected chi connectivity index (χ3v) is 4.09. The number of primary amides is 1. The summed E-state index contributed by atoms with van der Waals surface area (Å²) in [7, 11) is 3.72. The van der Waals surface area contributed by atoms with E-state index in [1.165, 1.54) is 0 Å². The molecule has 0 aliphatic carbocycles. The summed E-state index contributed by atoms with van der Waals surface area (Å²) in [5.41, 5.74) is 12.7. The number of benzene rings is 1. The van der Waals surface area contributed by atoms with E-state index in [-0.39, 0.29) is 5.91 Å². The van der Waals surface area contributed by atoms with E-state index in [4.69, 9.17) is 11.5 Å². The van der Waals surface area contributed by atoms with Crippen LogP contribution in [0.1, 0.15) is 25.8 Å². The largest absolute Gasteiger partial charge is 0.368 e. The van der Waals surface area contributed by atoms with Crippen LogP contribution in [0, 0.1) is 5.92 Å². The van der Waals surface area contributed by atoms with Gasteiger partial charge in [-0.2, -0.15) is 0 Å². The minimum absolute atomic E-state index is 0.228. The van der Waals surface area contributed by atoms with Gasteiger partial charge >= 0.3 is 0 Å². The fourth-order valence-corrected chi connectivity index (χ4v) is 2.70. The second kappa shape index (κ2) is 10.2. The maximum atomic E-state index is 12.9. The number of nitrogens with two attached hydrogens (primary N) is 2. The second-order valence-corrected chi connectivity index (χ2v) is 7.19. The summed E-state index contributed by atoms with van der Waals surface area (Å²) in [5.74, 6) is -0.322. The minimum atomic E-state index is -0.693. The highest BCUT2D eigenvalue weighted by Gasteiger charge is 2.31. The fraction of sp³-hybridized carbons (Fsp3) is 0.579. The van der Waals surface area contributed by atoms with Gasteiger partial charge in [-0.1, -0.05) is 44.2 Å². The zero-order valence-electron chi connectivity index (χ0n) is 15.8. The van der Waals surface area contributed by atoms with Crippen LogP contribution in [0.5, 0.6) is 0 Å². The number of rotatable bonds is 10. The Balaban J connectivity index is 3.03. The van der Waals surface area contributed by atoms with Gasteiger partial charge in [0, 0.05) is 19.5 Å². The lowest BCUT2D eigenvalue weighted by Crippen LogP contribution is -2.56. The first-order valence-corrected chi connectivity index (χ1v) is 8.76. The van der Waals surface area contributed by atoms with Crippen LogP contribution in [0.2, 0.25) is 0 Å². The average molecular weight is 348 g/mol. The molecule has 4 N–H and O–H groups in total. The number of carbonyl (C=O) groups excluding carboxylic acids is 2. The number of hydrogen-bond donors (Lipinski definition) is 2. The van der Waals surface area contributed by atoms with Crippen molar-refractivity contribution in [2.45, 2.75) is 38.8 Å². The van der Waals surface area contributed by atoms with Gasteiger partial charge in [-0.25, -0.2) is 0 Å². The number of nitrogens with zero attached hydrogens (tertiary/aromatic N) is 2. The van der Waals surface area contributed by atoms with Gasteiger partial charge in [0.15, 0.2) is 0 Å². The van der Waals surface area contributed by atoms with Gasteiger partial charge in [-0.15, -0.1) is 0 Å². The van der Waals surface area contributed by atoms with E-state index in [2.05, 4.69) is 13.8 Å². The zero-order chi connectivity index (χ0) is 19.0. The van der Waals surface area contributed by atoms with Crippen molar-refractivity contribution in [2.75, 3.05) is 27.2 Å². The summed E-state index contributed by atoms with van der Waals surface area (Å²) >= 11 is 0. The van der Waals surface area contributed by atoms with Gasteiger partial charge in [0.25, 0.3) is 0 Å². The molecule has 1 aromatic rings. The molecule has 6 heteroatoms. The highest BCUT2D eigenvalue weighted by atomic mass is 16.2. The van der Waals surface area contributed by atoms with Crippen LogP contribution in [0.4, 0.5) is 0 Å². The van der Waals surface area contributed by atoms with Crippen LogP contribution in [0.25, 0.3) is 0 Å². The van der Waals surface area contributed by atoms with Gasteiger partial charge in [0.2, 0.25) is 11.8 Å². The van der Waals surface area contributed by atoms with Crippen LogP contribution in [0.3, 0.4) is 0 Å². The van der Waals surface area contributed by atoms with Crippen molar-refractivity contribution in [1.29, 1.82) is 0 Å². The predicted octanol–water partition coefficient (Wildman–Crippen LogP) is 0.847. The molecule has 0 fully saturated rings. The van der Waals surface area contributed by atoms with E-state index in [1.54, 1.807) is 4.90 Å².